The molecule has 0 heterocycles. The molecule has 0 aromatic rings. The molecular weight excluding hydrogens is 140 g/mol. The van der Waals surface area contributed by atoms with Crippen LogP contribution in [-0.2, 0) is 4.74 Å². The zero-order valence-corrected chi connectivity index (χ0v) is 7.26. The van der Waals surface area contributed by atoms with Gasteiger partial charge in [0.15, 0.2) is 0 Å². The van der Waals surface area contributed by atoms with Crippen LogP contribution in [0.15, 0.2) is 0 Å². The normalized spacial score (nSPS) is 12.5. The van der Waals surface area contributed by atoms with Crippen molar-refractivity contribution in [2.45, 2.75) is 25.8 Å². The first kappa shape index (κ1) is 10.4. The Morgan fingerprint density at radius 1 is 1.64 bits per heavy atom. The van der Waals surface area contributed by atoms with Gasteiger partial charge in [0.2, 0.25) is 0 Å². The highest BCUT2D eigenvalue weighted by atomic mass is 16.5. The maximum Gasteiger partial charge on any atom is 0.0638 e. The van der Waals surface area contributed by atoms with Crippen LogP contribution in [0, 0.1) is 11.3 Å². The molecule has 1 unspecified atom stereocenters. The van der Waals surface area contributed by atoms with Crippen LogP contribution in [0.1, 0.15) is 19.8 Å². The number of ether oxygens (including phenoxy) is 1. The van der Waals surface area contributed by atoms with E-state index in [4.69, 9.17) is 10.00 Å². The predicted molar refractivity (Wildman–Crippen MR) is 44.2 cm³/mol. The van der Waals surface area contributed by atoms with Gasteiger partial charge in [-0.2, -0.15) is 5.26 Å². The minimum absolute atomic E-state index is 0.329. The molecule has 0 saturated carbocycles. The van der Waals surface area contributed by atoms with Gasteiger partial charge in [0.1, 0.15) is 0 Å². The molecule has 0 amide bonds. The molecule has 0 aromatic carbocycles. The van der Waals surface area contributed by atoms with Crippen LogP contribution in [0.2, 0.25) is 0 Å². The quantitative estimate of drug-likeness (QED) is 0.581. The summed E-state index contributed by atoms with van der Waals surface area (Å²) in [6.07, 6.45) is 1.58. The summed E-state index contributed by atoms with van der Waals surface area (Å²) in [7, 11) is 1.67. The second-order valence-corrected chi connectivity index (χ2v) is 2.41. The molecule has 1 atom stereocenters. The third-order valence-electron chi connectivity index (χ3n) is 1.57. The molecule has 3 heteroatoms. The van der Waals surface area contributed by atoms with Crippen LogP contribution in [-0.4, -0.2) is 26.3 Å². The summed E-state index contributed by atoms with van der Waals surface area (Å²) >= 11 is 0. The Hall–Kier alpha value is -0.590. The monoisotopic (exact) mass is 156 g/mol. The predicted octanol–water partition coefficient (Wildman–Crippen LogP) is 0.915. The van der Waals surface area contributed by atoms with E-state index in [2.05, 4.69) is 18.3 Å². The Kier molecular flexibility index (Phi) is 7.11. The van der Waals surface area contributed by atoms with Crippen molar-refractivity contribution in [3.05, 3.63) is 0 Å². The lowest BCUT2D eigenvalue weighted by molar-refractivity contribution is 0.195. The highest BCUT2D eigenvalue weighted by molar-refractivity contribution is 4.79. The van der Waals surface area contributed by atoms with E-state index in [0.29, 0.717) is 19.1 Å². The first-order valence-corrected chi connectivity index (χ1v) is 3.94. The van der Waals surface area contributed by atoms with Gasteiger partial charge in [0.05, 0.1) is 19.1 Å². The molecule has 0 bridgehead atoms. The Balaban J connectivity index is 3.30. The van der Waals surface area contributed by atoms with E-state index in [1.54, 1.807) is 7.11 Å². The summed E-state index contributed by atoms with van der Waals surface area (Å²) in [6, 6.07) is 2.47. The summed E-state index contributed by atoms with van der Waals surface area (Å²) in [4.78, 5) is 0. The van der Waals surface area contributed by atoms with Crippen molar-refractivity contribution in [1.29, 1.82) is 5.26 Å². The van der Waals surface area contributed by atoms with Gasteiger partial charge in [-0.05, 0) is 6.42 Å². The lowest BCUT2D eigenvalue weighted by Crippen LogP contribution is -2.30. The molecule has 0 aliphatic heterocycles. The highest BCUT2D eigenvalue weighted by Crippen LogP contribution is 1.94. The number of methoxy groups -OCH3 is 1. The number of rotatable bonds is 6. The molecule has 64 valence electrons. The lowest BCUT2D eigenvalue weighted by Gasteiger charge is -2.12. The number of nitriles is 1. The third kappa shape index (κ3) is 5.84. The minimum atomic E-state index is 0.329. The van der Waals surface area contributed by atoms with Gasteiger partial charge in [-0.3, -0.25) is 0 Å². The van der Waals surface area contributed by atoms with E-state index in [-0.39, 0.29) is 0 Å². The summed E-state index contributed by atoms with van der Waals surface area (Å²) in [6.45, 7) is 3.61. The van der Waals surface area contributed by atoms with E-state index < -0.39 is 0 Å². The molecule has 0 aliphatic carbocycles. The fourth-order valence-electron chi connectivity index (χ4n) is 0.836. The molecule has 0 spiro atoms. The number of nitrogens with one attached hydrogen (secondary N) is 1. The standard InChI is InChI=1S/C8H16N2O/c1-3-8(4-5-9)10-6-7-11-2/h8,10H,3-4,6-7H2,1-2H3. The summed E-state index contributed by atoms with van der Waals surface area (Å²) in [5.74, 6) is 0. The van der Waals surface area contributed by atoms with Gasteiger partial charge in [-0.1, -0.05) is 6.92 Å². The second kappa shape index (κ2) is 7.52. The molecule has 3 nitrogen and oxygen atoms in total. The summed E-state index contributed by atoms with van der Waals surface area (Å²) < 4.78 is 4.87. The minimum Gasteiger partial charge on any atom is -0.383 e. The molecule has 0 fully saturated rings. The smallest absolute Gasteiger partial charge is 0.0638 e. The molecule has 0 aliphatic rings. The van der Waals surface area contributed by atoms with Gasteiger partial charge in [-0.15, -0.1) is 0 Å². The van der Waals surface area contributed by atoms with Gasteiger partial charge in [-0.25, -0.2) is 0 Å². The van der Waals surface area contributed by atoms with Gasteiger partial charge in [0.25, 0.3) is 0 Å². The van der Waals surface area contributed by atoms with E-state index in [1.165, 1.54) is 0 Å². The number of nitrogens with zero attached hydrogens (tertiary/aromatic N) is 1. The van der Waals surface area contributed by atoms with Crippen molar-refractivity contribution in [2.75, 3.05) is 20.3 Å². The first-order valence-electron chi connectivity index (χ1n) is 3.94. The SMILES string of the molecule is CCC(CC#N)NCCOC. The van der Waals surface area contributed by atoms with Crippen LogP contribution < -0.4 is 5.32 Å². The summed E-state index contributed by atoms with van der Waals surface area (Å²) in [5.41, 5.74) is 0. The third-order valence-corrected chi connectivity index (χ3v) is 1.57. The van der Waals surface area contributed by atoms with Crippen LogP contribution >= 0.6 is 0 Å². The van der Waals surface area contributed by atoms with E-state index >= 15 is 0 Å². The zero-order valence-electron chi connectivity index (χ0n) is 7.26. The molecule has 1 N–H and O–H groups in total. The van der Waals surface area contributed by atoms with Gasteiger partial charge < -0.3 is 10.1 Å². The van der Waals surface area contributed by atoms with Crippen molar-refractivity contribution in [3.63, 3.8) is 0 Å². The van der Waals surface area contributed by atoms with Gasteiger partial charge in [0, 0.05) is 19.7 Å². The van der Waals surface area contributed by atoms with Gasteiger partial charge >= 0.3 is 0 Å². The van der Waals surface area contributed by atoms with E-state index in [9.17, 15) is 0 Å². The Morgan fingerprint density at radius 3 is 2.82 bits per heavy atom. The zero-order chi connectivity index (χ0) is 8.53. The number of hydrogen-bond donors (Lipinski definition) is 1. The maximum atomic E-state index is 8.40. The van der Waals surface area contributed by atoms with Crippen molar-refractivity contribution in [2.24, 2.45) is 0 Å². The molecule has 11 heavy (non-hydrogen) atoms. The van der Waals surface area contributed by atoms with Crippen molar-refractivity contribution < 1.29 is 4.74 Å². The van der Waals surface area contributed by atoms with Crippen LogP contribution in [0.25, 0.3) is 0 Å². The second-order valence-electron chi connectivity index (χ2n) is 2.41. The summed E-state index contributed by atoms with van der Waals surface area (Å²) in [5, 5.41) is 11.6. The van der Waals surface area contributed by atoms with Crippen molar-refractivity contribution in [1.82, 2.24) is 5.32 Å². The molecular formula is C8H16N2O. The number of hydrogen-bond acceptors (Lipinski definition) is 3. The maximum absolute atomic E-state index is 8.40. The highest BCUT2D eigenvalue weighted by Gasteiger charge is 2.02. The first-order chi connectivity index (χ1) is 5.35. The van der Waals surface area contributed by atoms with Crippen molar-refractivity contribution in [3.8, 4) is 6.07 Å². The Bertz CT molecular complexity index is 120. The molecule has 0 aromatic heterocycles. The van der Waals surface area contributed by atoms with Crippen LogP contribution in [0.4, 0.5) is 0 Å². The van der Waals surface area contributed by atoms with Crippen LogP contribution in [0.5, 0.6) is 0 Å². The fourth-order valence-corrected chi connectivity index (χ4v) is 0.836. The van der Waals surface area contributed by atoms with Crippen molar-refractivity contribution >= 4 is 0 Å². The Labute approximate surface area is 68.3 Å². The molecule has 0 saturated heterocycles. The molecule has 0 radical (unpaired) electrons. The lowest BCUT2D eigenvalue weighted by atomic mass is 10.2. The largest absolute Gasteiger partial charge is 0.383 e. The molecule has 0 rings (SSSR count). The van der Waals surface area contributed by atoms with E-state index in [0.717, 1.165) is 13.0 Å². The average molecular weight is 156 g/mol. The van der Waals surface area contributed by atoms with Crippen LogP contribution in [0.3, 0.4) is 0 Å². The van der Waals surface area contributed by atoms with E-state index in [1.807, 2.05) is 0 Å². The topological polar surface area (TPSA) is 45.0 Å². The average Bonchev–Trinajstić information content (AvgIpc) is 2.03. The fraction of sp³-hybridized carbons (Fsp3) is 0.875. The Morgan fingerprint density at radius 2 is 2.36 bits per heavy atom.